The first kappa shape index (κ1) is 26.4. The van der Waals surface area contributed by atoms with E-state index in [1.165, 1.54) is 16.9 Å². The van der Waals surface area contributed by atoms with Crippen molar-refractivity contribution < 1.29 is 14.1 Å². The van der Waals surface area contributed by atoms with E-state index < -0.39 is 0 Å². The number of esters is 1. The molecule has 188 valence electrons. The molecule has 0 radical (unpaired) electrons. The molecule has 1 unspecified atom stereocenters. The van der Waals surface area contributed by atoms with Crippen molar-refractivity contribution in [3.05, 3.63) is 114 Å². The molecule has 0 aliphatic rings. The smallest absolute Gasteiger partial charge is 0.345 e. The summed E-state index contributed by atoms with van der Waals surface area (Å²) in [6, 6.07) is 34.2. The van der Waals surface area contributed by atoms with Gasteiger partial charge < -0.3 is 4.74 Å². The van der Waals surface area contributed by atoms with E-state index in [2.05, 4.69) is 55.7 Å². The first-order chi connectivity index (χ1) is 18.0. The van der Waals surface area contributed by atoms with Crippen LogP contribution in [-0.2, 0) is 7.05 Å². The standard InChI is InChI=1S/C23H20NO2S.C10H14/c1-3-27-17-14-12-16(13-15-17)26-23(25)22-18-8-4-6-10-20(18)24(2)21-11-7-5-9-19(21)22;1-3-9(2)10-7-5-4-6-8-10/h4-15H,3H2,1-2H3;4-9H,3H2,1-2H3/q+1;. The predicted molar refractivity (Wildman–Crippen MR) is 156 cm³/mol. The molecule has 0 spiro atoms. The zero-order valence-electron chi connectivity index (χ0n) is 22.0. The number of benzene rings is 4. The van der Waals surface area contributed by atoms with Crippen LogP contribution in [0.25, 0.3) is 21.8 Å². The van der Waals surface area contributed by atoms with Gasteiger partial charge in [-0.25, -0.2) is 4.79 Å². The summed E-state index contributed by atoms with van der Waals surface area (Å²) in [5, 5.41) is 1.78. The SMILES string of the molecule is CCC(C)c1ccccc1.CCSc1ccc(OC(=O)c2c3ccccc3[n+](C)c3ccccc23)cc1. The van der Waals surface area contributed by atoms with Crippen LogP contribution in [0.1, 0.15) is 49.0 Å². The lowest BCUT2D eigenvalue weighted by atomic mass is 9.99. The molecule has 0 N–H and O–H groups in total. The Morgan fingerprint density at radius 2 is 1.32 bits per heavy atom. The van der Waals surface area contributed by atoms with Gasteiger partial charge >= 0.3 is 5.97 Å². The lowest BCUT2D eigenvalue weighted by molar-refractivity contribution is -0.617. The fourth-order valence-electron chi connectivity index (χ4n) is 4.40. The van der Waals surface area contributed by atoms with Crippen molar-refractivity contribution in [2.45, 2.75) is 38.0 Å². The predicted octanol–water partition coefficient (Wildman–Crippen LogP) is 8.35. The van der Waals surface area contributed by atoms with Crippen molar-refractivity contribution >= 4 is 39.5 Å². The highest BCUT2D eigenvalue weighted by Crippen LogP contribution is 2.27. The largest absolute Gasteiger partial charge is 0.423 e. The van der Waals surface area contributed by atoms with Crippen molar-refractivity contribution in [2.75, 3.05) is 5.75 Å². The molecule has 37 heavy (non-hydrogen) atoms. The fourth-order valence-corrected chi connectivity index (χ4v) is 5.06. The monoisotopic (exact) mass is 508 g/mol. The van der Waals surface area contributed by atoms with Crippen LogP contribution in [0.4, 0.5) is 0 Å². The van der Waals surface area contributed by atoms with Gasteiger partial charge in [-0.3, -0.25) is 0 Å². The first-order valence-corrected chi connectivity index (χ1v) is 13.8. The van der Waals surface area contributed by atoms with Crippen molar-refractivity contribution in [1.29, 1.82) is 0 Å². The Balaban J connectivity index is 0.000000270. The Hall–Kier alpha value is -3.63. The van der Waals surface area contributed by atoms with Gasteiger partial charge in [-0.15, -0.1) is 11.8 Å². The molecular weight excluding hydrogens is 474 g/mol. The van der Waals surface area contributed by atoms with E-state index in [1.807, 2.05) is 79.8 Å². The zero-order chi connectivity index (χ0) is 26.2. The number of rotatable bonds is 6. The number of hydrogen-bond donors (Lipinski definition) is 0. The molecule has 3 nitrogen and oxygen atoms in total. The van der Waals surface area contributed by atoms with Gasteiger partial charge in [0.15, 0.2) is 0 Å². The minimum absolute atomic E-state index is 0.334. The zero-order valence-corrected chi connectivity index (χ0v) is 22.8. The number of fused-ring (bicyclic) bond motifs is 2. The topological polar surface area (TPSA) is 30.2 Å². The summed E-state index contributed by atoms with van der Waals surface area (Å²) in [5.74, 6) is 1.94. The number of para-hydroxylation sites is 2. The third-order valence-corrected chi connectivity index (χ3v) is 7.49. The molecule has 1 atom stereocenters. The van der Waals surface area contributed by atoms with Crippen LogP contribution in [0.2, 0.25) is 0 Å². The van der Waals surface area contributed by atoms with Crippen LogP contribution in [0.3, 0.4) is 0 Å². The average Bonchev–Trinajstić information content (AvgIpc) is 2.95. The summed E-state index contributed by atoms with van der Waals surface area (Å²) in [6.45, 7) is 6.59. The second-order valence-electron chi connectivity index (χ2n) is 8.98. The third kappa shape index (κ3) is 6.20. The molecule has 0 saturated carbocycles. The lowest BCUT2D eigenvalue weighted by Gasteiger charge is -2.10. The normalized spacial score (nSPS) is 11.6. The summed E-state index contributed by atoms with van der Waals surface area (Å²) in [4.78, 5) is 14.3. The minimum atomic E-state index is -0.334. The van der Waals surface area contributed by atoms with Crippen molar-refractivity contribution in [3.63, 3.8) is 0 Å². The molecule has 1 aromatic heterocycles. The average molecular weight is 509 g/mol. The van der Waals surface area contributed by atoms with E-state index >= 15 is 0 Å². The van der Waals surface area contributed by atoms with Crippen LogP contribution >= 0.6 is 11.8 Å². The Morgan fingerprint density at radius 1 is 0.784 bits per heavy atom. The Labute approximate surface area is 224 Å². The van der Waals surface area contributed by atoms with Crippen molar-refractivity contribution in [3.8, 4) is 5.75 Å². The summed E-state index contributed by atoms with van der Waals surface area (Å²) in [5.41, 5.74) is 4.05. The minimum Gasteiger partial charge on any atom is -0.423 e. The van der Waals surface area contributed by atoms with Gasteiger partial charge in [0, 0.05) is 17.0 Å². The van der Waals surface area contributed by atoms with E-state index in [-0.39, 0.29) is 5.97 Å². The quantitative estimate of drug-likeness (QED) is 0.0759. The molecule has 4 heteroatoms. The van der Waals surface area contributed by atoms with E-state index in [9.17, 15) is 4.79 Å². The fraction of sp³-hybridized carbons (Fsp3) is 0.212. The second kappa shape index (κ2) is 12.6. The summed E-state index contributed by atoms with van der Waals surface area (Å²) in [7, 11) is 2.02. The molecule has 0 fully saturated rings. The van der Waals surface area contributed by atoms with Crippen LogP contribution in [0, 0.1) is 0 Å². The van der Waals surface area contributed by atoms with Crippen LogP contribution in [-0.4, -0.2) is 11.7 Å². The molecule has 1 heterocycles. The highest BCUT2D eigenvalue weighted by atomic mass is 32.2. The molecule has 0 aliphatic carbocycles. The van der Waals surface area contributed by atoms with Crippen LogP contribution in [0.15, 0.2) is 108 Å². The number of aromatic nitrogens is 1. The Bertz CT molecular complexity index is 1420. The summed E-state index contributed by atoms with van der Waals surface area (Å²) >= 11 is 1.76. The van der Waals surface area contributed by atoms with Gasteiger partial charge in [-0.05, 0) is 60.1 Å². The maximum absolute atomic E-state index is 13.1. The molecule has 0 bridgehead atoms. The van der Waals surface area contributed by atoms with Crippen LogP contribution in [0.5, 0.6) is 5.75 Å². The number of nitrogens with zero attached hydrogens (tertiary/aromatic N) is 1. The molecule has 0 aliphatic heterocycles. The molecule has 0 saturated heterocycles. The van der Waals surface area contributed by atoms with Gasteiger partial charge in [0.2, 0.25) is 11.0 Å². The van der Waals surface area contributed by atoms with Crippen LogP contribution < -0.4 is 9.30 Å². The lowest BCUT2D eigenvalue weighted by Crippen LogP contribution is -2.31. The number of carbonyl (C=O) groups excluding carboxylic acids is 1. The number of pyridine rings is 1. The van der Waals surface area contributed by atoms with E-state index in [0.717, 1.165) is 27.6 Å². The maximum Gasteiger partial charge on any atom is 0.345 e. The molecule has 5 rings (SSSR count). The van der Waals surface area contributed by atoms with Crippen molar-refractivity contribution in [2.24, 2.45) is 7.05 Å². The molecule has 5 aromatic rings. The molecule has 4 aromatic carbocycles. The number of carbonyl (C=O) groups is 1. The number of thioether (sulfide) groups is 1. The first-order valence-electron chi connectivity index (χ1n) is 12.8. The molecule has 0 amide bonds. The van der Waals surface area contributed by atoms with Crippen molar-refractivity contribution in [1.82, 2.24) is 0 Å². The van der Waals surface area contributed by atoms with E-state index in [4.69, 9.17) is 4.74 Å². The highest BCUT2D eigenvalue weighted by Gasteiger charge is 2.23. The Kier molecular flexibility index (Phi) is 8.97. The molecular formula is C33H34NO2S+. The third-order valence-electron chi connectivity index (χ3n) is 6.60. The van der Waals surface area contributed by atoms with Gasteiger partial charge in [-0.2, -0.15) is 4.57 Å². The highest BCUT2D eigenvalue weighted by molar-refractivity contribution is 7.99. The maximum atomic E-state index is 13.1. The van der Waals surface area contributed by atoms with Gasteiger partial charge in [-0.1, -0.05) is 75.4 Å². The van der Waals surface area contributed by atoms with E-state index in [1.54, 1.807) is 11.8 Å². The number of aryl methyl sites for hydroxylation is 1. The van der Waals surface area contributed by atoms with Gasteiger partial charge in [0.05, 0.1) is 16.3 Å². The van der Waals surface area contributed by atoms with Gasteiger partial charge in [0.25, 0.3) is 0 Å². The second-order valence-corrected chi connectivity index (χ2v) is 10.3. The van der Waals surface area contributed by atoms with Gasteiger partial charge in [0.1, 0.15) is 12.8 Å². The Morgan fingerprint density at radius 3 is 1.86 bits per heavy atom. The number of ether oxygens (including phenoxy) is 1. The number of hydrogen-bond acceptors (Lipinski definition) is 3. The summed E-state index contributed by atoms with van der Waals surface area (Å²) < 4.78 is 7.84. The van der Waals surface area contributed by atoms with E-state index in [0.29, 0.717) is 17.2 Å². The summed E-state index contributed by atoms with van der Waals surface area (Å²) in [6.07, 6.45) is 1.23.